The third-order valence-electron chi connectivity index (χ3n) is 3.69. The van der Waals surface area contributed by atoms with Gasteiger partial charge >= 0.3 is 0 Å². The summed E-state index contributed by atoms with van der Waals surface area (Å²) in [5.74, 6) is -1.08. The zero-order valence-corrected chi connectivity index (χ0v) is 12.9. The molecule has 0 aliphatic rings. The molecule has 3 aromatic rings. The molecule has 1 aromatic heterocycles. The summed E-state index contributed by atoms with van der Waals surface area (Å²) in [5.41, 5.74) is -0.0103. The van der Waals surface area contributed by atoms with Crippen molar-refractivity contribution in [1.82, 2.24) is 0 Å². The van der Waals surface area contributed by atoms with Gasteiger partial charge in [-0.1, -0.05) is 6.07 Å². The topological polar surface area (TPSA) is 109 Å². The quantitative estimate of drug-likeness (QED) is 0.633. The van der Waals surface area contributed by atoms with Gasteiger partial charge in [0.05, 0.1) is 19.8 Å². The molecule has 0 atom stereocenters. The van der Waals surface area contributed by atoms with Crippen molar-refractivity contribution in [3.8, 4) is 39.9 Å². The molecular formula is C17H14O7. The molecule has 0 unspecified atom stereocenters. The van der Waals surface area contributed by atoms with E-state index in [1.54, 1.807) is 6.07 Å². The first-order valence-electron chi connectivity index (χ1n) is 6.89. The highest BCUT2D eigenvalue weighted by molar-refractivity contribution is 5.91. The van der Waals surface area contributed by atoms with Crippen LogP contribution >= 0.6 is 0 Å². The predicted octanol–water partition coefficient (Wildman–Crippen LogP) is 2.59. The van der Waals surface area contributed by atoms with E-state index in [0.717, 1.165) is 0 Å². The summed E-state index contributed by atoms with van der Waals surface area (Å²) in [7, 11) is 2.72. The number of hydrogen-bond donors (Lipinski definition) is 3. The molecule has 3 N–H and O–H groups in total. The molecule has 0 amide bonds. The minimum Gasteiger partial charge on any atom is -0.504 e. The SMILES string of the molecule is COc1ccc(-c2coc3cc(OC)c(O)c(O)c3c2=O)cc1O. The van der Waals surface area contributed by atoms with Crippen LogP contribution in [0.3, 0.4) is 0 Å². The maximum absolute atomic E-state index is 12.7. The molecule has 0 aliphatic heterocycles. The van der Waals surface area contributed by atoms with Gasteiger partial charge < -0.3 is 29.2 Å². The largest absolute Gasteiger partial charge is 0.504 e. The Morgan fingerprint density at radius 1 is 0.958 bits per heavy atom. The van der Waals surface area contributed by atoms with E-state index in [4.69, 9.17) is 13.9 Å². The fraction of sp³-hybridized carbons (Fsp3) is 0.118. The predicted molar refractivity (Wildman–Crippen MR) is 86.0 cm³/mol. The van der Waals surface area contributed by atoms with Crippen molar-refractivity contribution < 1.29 is 29.2 Å². The number of aromatic hydroxyl groups is 3. The average molecular weight is 330 g/mol. The molecule has 0 spiro atoms. The molecule has 3 rings (SSSR count). The van der Waals surface area contributed by atoms with Crippen LogP contribution in [-0.2, 0) is 0 Å². The van der Waals surface area contributed by atoms with Gasteiger partial charge in [-0.25, -0.2) is 0 Å². The second-order valence-corrected chi connectivity index (χ2v) is 5.01. The van der Waals surface area contributed by atoms with Crippen molar-refractivity contribution in [2.75, 3.05) is 14.2 Å². The van der Waals surface area contributed by atoms with Gasteiger partial charge in [-0.2, -0.15) is 0 Å². The Hall–Kier alpha value is -3.35. The van der Waals surface area contributed by atoms with Crippen molar-refractivity contribution in [2.24, 2.45) is 0 Å². The second kappa shape index (κ2) is 5.69. The first kappa shape index (κ1) is 15.5. The molecule has 0 saturated carbocycles. The molecule has 0 aliphatic carbocycles. The van der Waals surface area contributed by atoms with E-state index in [1.165, 1.54) is 38.7 Å². The van der Waals surface area contributed by atoms with E-state index in [0.29, 0.717) is 5.56 Å². The zero-order valence-electron chi connectivity index (χ0n) is 12.9. The van der Waals surface area contributed by atoms with E-state index in [1.807, 2.05) is 0 Å². The monoisotopic (exact) mass is 330 g/mol. The maximum atomic E-state index is 12.7. The van der Waals surface area contributed by atoms with E-state index in [-0.39, 0.29) is 33.8 Å². The highest BCUT2D eigenvalue weighted by Gasteiger charge is 2.19. The van der Waals surface area contributed by atoms with Crippen LogP contribution in [0.2, 0.25) is 0 Å². The van der Waals surface area contributed by atoms with Crippen LogP contribution in [0.1, 0.15) is 0 Å². The molecule has 2 aromatic carbocycles. The average Bonchev–Trinajstić information content (AvgIpc) is 2.58. The summed E-state index contributed by atoms with van der Waals surface area (Å²) in [5, 5.41) is 29.7. The number of ether oxygens (including phenoxy) is 2. The summed E-state index contributed by atoms with van der Waals surface area (Å²) in [6.07, 6.45) is 1.21. The lowest BCUT2D eigenvalue weighted by molar-refractivity contribution is 0.352. The van der Waals surface area contributed by atoms with Gasteiger partial charge in [-0.15, -0.1) is 0 Å². The molecule has 24 heavy (non-hydrogen) atoms. The van der Waals surface area contributed by atoms with Crippen LogP contribution in [0.5, 0.6) is 28.7 Å². The van der Waals surface area contributed by atoms with Crippen LogP contribution in [0, 0.1) is 0 Å². The summed E-state index contributed by atoms with van der Waals surface area (Å²) in [6, 6.07) is 5.72. The van der Waals surface area contributed by atoms with Crippen LogP contribution in [0.15, 0.2) is 39.7 Å². The fourth-order valence-corrected chi connectivity index (χ4v) is 2.45. The molecule has 7 nitrogen and oxygen atoms in total. The number of phenols is 3. The number of phenolic OH excluding ortho intramolecular Hbond substituents is 3. The number of hydrogen-bond acceptors (Lipinski definition) is 7. The smallest absolute Gasteiger partial charge is 0.204 e. The van der Waals surface area contributed by atoms with Gasteiger partial charge in [0.1, 0.15) is 17.2 Å². The lowest BCUT2D eigenvalue weighted by atomic mass is 10.0. The fourth-order valence-electron chi connectivity index (χ4n) is 2.45. The van der Waals surface area contributed by atoms with Crippen molar-refractivity contribution in [3.63, 3.8) is 0 Å². The summed E-state index contributed by atoms with van der Waals surface area (Å²) in [4.78, 5) is 12.7. The normalized spacial score (nSPS) is 10.8. The number of benzene rings is 2. The van der Waals surface area contributed by atoms with Gasteiger partial charge in [0.15, 0.2) is 23.0 Å². The minimum absolute atomic E-state index is 0.0157. The number of fused-ring (bicyclic) bond motifs is 1. The first-order valence-corrected chi connectivity index (χ1v) is 6.89. The molecule has 0 bridgehead atoms. The van der Waals surface area contributed by atoms with E-state index in [9.17, 15) is 20.1 Å². The minimum atomic E-state index is -0.627. The first-order chi connectivity index (χ1) is 11.5. The van der Waals surface area contributed by atoms with E-state index >= 15 is 0 Å². The van der Waals surface area contributed by atoms with Crippen LogP contribution in [-0.4, -0.2) is 29.5 Å². The number of rotatable bonds is 3. The van der Waals surface area contributed by atoms with E-state index < -0.39 is 16.9 Å². The van der Waals surface area contributed by atoms with Crippen molar-refractivity contribution in [3.05, 3.63) is 40.8 Å². The van der Waals surface area contributed by atoms with Crippen LogP contribution in [0.4, 0.5) is 0 Å². The molecule has 1 heterocycles. The van der Waals surface area contributed by atoms with Gasteiger partial charge in [0, 0.05) is 6.07 Å². The summed E-state index contributed by atoms with van der Waals surface area (Å²) in [6.45, 7) is 0. The lowest BCUT2D eigenvalue weighted by Gasteiger charge is -2.09. The standard InChI is InChI=1S/C17H14O7/c1-22-11-4-3-8(5-10(11)18)9-7-24-12-6-13(23-2)16(20)17(21)14(12)15(9)19/h3-7,18,20-21H,1-2H3. The summed E-state index contributed by atoms with van der Waals surface area (Å²) >= 11 is 0. The lowest BCUT2D eigenvalue weighted by Crippen LogP contribution is -2.05. The Labute approximate surface area is 135 Å². The Kier molecular flexibility index (Phi) is 3.69. The Morgan fingerprint density at radius 2 is 1.67 bits per heavy atom. The molecule has 0 fully saturated rings. The van der Waals surface area contributed by atoms with Gasteiger partial charge in [-0.3, -0.25) is 4.79 Å². The van der Waals surface area contributed by atoms with Gasteiger partial charge in [0.25, 0.3) is 0 Å². The Bertz CT molecular complexity index is 988. The molecule has 0 radical (unpaired) electrons. The molecular weight excluding hydrogens is 316 g/mol. The molecule has 124 valence electrons. The van der Waals surface area contributed by atoms with Gasteiger partial charge in [-0.05, 0) is 17.7 Å². The van der Waals surface area contributed by atoms with Crippen LogP contribution in [0.25, 0.3) is 22.1 Å². The zero-order chi connectivity index (χ0) is 17.4. The summed E-state index contributed by atoms with van der Waals surface area (Å²) < 4.78 is 15.3. The third-order valence-corrected chi connectivity index (χ3v) is 3.69. The highest BCUT2D eigenvalue weighted by Crippen LogP contribution is 2.41. The number of methoxy groups -OCH3 is 2. The van der Waals surface area contributed by atoms with Crippen LogP contribution < -0.4 is 14.9 Å². The Balaban J connectivity index is 2.28. The van der Waals surface area contributed by atoms with E-state index in [2.05, 4.69) is 0 Å². The maximum Gasteiger partial charge on any atom is 0.204 e. The third kappa shape index (κ3) is 2.26. The molecule has 7 heteroatoms. The van der Waals surface area contributed by atoms with Crippen molar-refractivity contribution in [2.45, 2.75) is 0 Å². The highest BCUT2D eigenvalue weighted by atomic mass is 16.5. The van der Waals surface area contributed by atoms with Crippen molar-refractivity contribution in [1.29, 1.82) is 0 Å². The van der Waals surface area contributed by atoms with Gasteiger partial charge in [0.2, 0.25) is 11.2 Å². The molecule has 0 saturated heterocycles. The second-order valence-electron chi connectivity index (χ2n) is 5.01. The Morgan fingerprint density at radius 3 is 2.29 bits per heavy atom. The van der Waals surface area contributed by atoms with Crippen molar-refractivity contribution >= 4 is 11.0 Å².